The molecule has 0 N–H and O–H groups in total. The summed E-state index contributed by atoms with van der Waals surface area (Å²) in [4.78, 5) is 16.4. The van der Waals surface area contributed by atoms with Gasteiger partial charge in [-0.05, 0) is 30.2 Å². The molecule has 0 spiro atoms. The van der Waals surface area contributed by atoms with Gasteiger partial charge in [0.25, 0.3) is 0 Å². The number of Topliss-reactive ketones (excluding diaryl/α,β-unsaturated/α-hetero) is 1. The molecule has 0 saturated carbocycles. The standard InChI is InChI=1S/C21H17NO/c1-16(23)19-12-7-8-14-21(19)20-13-6-5-9-17(20)15-22-18-10-3-2-4-11-18/h2-15H,1H3. The fourth-order valence-corrected chi connectivity index (χ4v) is 2.54. The van der Waals surface area contributed by atoms with Crippen molar-refractivity contribution >= 4 is 17.7 Å². The van der Waals surface area contributed by atoms with Crippen molar-refractivity contribution in [1.29, 1.82) is 0 Å². The van der Waals surface area contributed by atoms with E-state index in [9.17, 15) is 4.79 Å². The van der Waals surface area contributed by atoms with Gasteiger partial charge in [-0.1, -0.05) is 66.7 Å². The van der Waals surface area contributed by atoms with E-state index in [1.54, 1.807) is 6.92 Å². The monoisotopic (exact) mass is 299 g/mol. The van der Waals surface area contributed by atoms with E-state index in [1.165, 1.54) is 0 Å². The molecule has 2 heteroatoms. The minimum absolute atomic E-state index is 0.0652. The molecule has 23 heavy (non-hydrogen) atoms. The summed E-state index contributed by atoms with van der Waals surface area (Å²) in [6.07, 6.45) is 1.85. The summed E-state index contributed by atoms with van der Waals surface area (Å²) < 4.78 is 0. The Morgan fingerprint density at radius 2 is 1.39 bits per heavy atom. The molecule has 0 aliphatic heterocycles. The zero-order valence-corrected chi connectivity index (χ0v) is 12.9. The molecule has 0 fully saturated rings. The van der Waals surface area contributed by atoms with Crippen LogP contribution in [0, 0.1) is 0 Å². The van der Waals surface area contributed by atoms with Crippen molar-refractivity contribution in [2.45, 2.75) is 6.92 Å². The first-order valence-corrected chi connectivity index (χ1v) is 7.54. The molecule has 0 heterocycles. The number of para-hydroxylation sites is 1. The van der Waals surface area contributed by atoms with Gasteiger partial charge in [-0.2, -0.15) is 0 Å². The highest BCUT2D eigenvalue weighted by atomic mass is 16.1. The van der Waals surface area contributed by atoms with Crippen molar-refractivity contribution in [2.75, 3.05) is 0 Å². The van der Waals surface area contributed by atoms with Crippen LogP contribution in [0.2, 0.25) is 0 Å². The largest absolute Gasteiger partial charge is 0.294 e. The predicted octanol–water partition coefficient (Wildman–Crippen LogP) is 5.31. The van der Waals surface area contributed by atoms with Gasteiger partial charge in [0.1, 0.15) is 0 Å². The Kier molecular flexibility index (Phi) is 4.44. The fourth-order valence-electron chi connectivity index (χ4n) is 2.54. The molecule has 3 aromatic carbocycles. The fraction of sp³-hybridized carbons (Fsp3) is 0.0476. The zero-order valence-electron chi connectivity index (χ0n) is 12.9. The van der Waals surface area contributed by atoms with Crippen LogP contribution in [-0.2, 0) is 0 Å². The quantitative estimate of drug-likeness (QED) is 0.474. The number of rotatable bonds is 4. The van der Waals surface area contributed by atoms with E-state index in [0.717, 1.165) is 27.9 Å². The smallest absolute Gasteiger partial charge is 0.160 e. The van der Waals surface area contributed by atoms with Crippen molar-refractivity contribution < 1.29 is 4.79 Å². The average molecular weight is 299 g/mol. The second-order valence-corrected chi connectivity index (χ2v) is 5.28. The number of carbonyl (C=O) groups is 1. The Balaban J connectivity index is 2.06. The van der Waals surface area contributed by atoms with Crippen LogP contribution in [0.1, 0.15) is 22.8 Å². The minimum atomic E-state index is 0.0652. The van der Waals surface area contributed by atoms with E-state index in [0.29, 0.717) is 0 Å². The van der Waals surface area contributed by atoms with Gasteiger partial charge in [0, 0.05) is 17.3 Å². The van der Waals surface area contributed by atoms with E-state index in [1.807, 2.05) is 85.1 Å². The van der Waals surface area contributed by atoms with Gasteiger partial charge in [-0.15, -0.1) is 0 Å². The molecule has 3 aromatic rings. The summed E-state index contributed by atoms with van der Waals surface area (Å²) in [5, 5.41) is 0. The maximum absolute atomic E-state index is 11.9. The van der Waals surface area contributed by atoms with Crippen LogP contribution < -0.4 is 0 Å². The zero-order chi connectivity index (χ0) is 16.1. The van der Waals surface area contributed by atoms with Crippen LogP contribution in [0.15, 0.2) is 83.9 Å². The lowest BCUT2D eigenvalue weighted by Gasteiger charge is -2.10. The van der Waals surface area contributed by atoms with Gasteiger partial charge in [0.05, 0.1) is 5.69 Å². The van der Waals surface area contributed by atoms with Crippen LogP contribution >= 0.6 is 0 Å². The highest BCUT2D eigenvalue weighted by molar-refractivity contribution is 6.03. The van der Waals surface area contributed by atoms with E-state index < -0.39 is 0 Å². The van der Waals surface area contributed by atoms with E-state index >= 15 is 0 Å². The van der Waals surface area contributed by atoms with Crippen LogP contribution in [0.5, 0.6) is 0 Å². The first-order valence-electron chi connectivity index (χ1n) is 7.54. The van der Waals surface area contributed by atoms with Gasteiger partial charge >= 0.3 is 0 Å². The maximum Gasteiger partial charge on any atom is 0.160 e. The van der Waals surface area contributed by atoms with Crippen molar-refractivity contribution in [1.82, 2.24) is 0 Å². The normalized spacial score (nSPS) is 10.8. The van der Waals surface area contributed by atoms with Gasteiger partial charge in [-0.3, -0.25) is 9.79 Å². The topological polar surface area (TPSA) is 29.4 Å². The lowest BCUT2D eigenvalue weighted by molar-refractivity contribution is 0.101. The Morgan fingerprint density at radius 1 is 0.783 bits per heavy atom. The summed E-state index contributed by atoms with van der Waals surface area (Å²) in [6.45, 7) is 1.60. The lowest BCUT2D eigenvalue weighted by atomic mass is 9.94. The number of aliphatic imine (C=N–C) groups is 1. The molecule has 0 saturated heterocycles. The molecule has 0 aromatic heterocycles. The number of hydrogen-bond acceptors (Lipinski definition) is 2. The molecule has 0 amide bonds. The molecular weight excluding hydrogens is 282 g/mol. The summed E-state index contributed by atoms with van der Waals surface area (Å²) in [6, 6.07) is 25.5. The molecule has 0 aliphatic carbocycles. The van der Waals surface area contributed by atoms with Crippen LogP contribution in [0.3, 0.4) is 0 Å². The molecule has 0 unspecified atom stereocenters. The number of nitrogens with zero attached hydrogens (tertiary/aromatic N) is 1. The van der Waals surface area contributed by atoms with Gasteiger partial charge in [0.15, 0.2) is 5.78 Å². The molecule has 2 nitrogen and oxygen atoms in total. The van der Waals surface area contributed by atoms with Crippen LogP contribution in [0.4, 0.5) is 5.69 Å². The predicted molar refractivity (Wildman–Crippen MR) is 95.6 cm³/mol. The van der Waals surface area contributed by atoms with E-state index in [-0.39, 0.29) is 5.78 Å². The molecule has 3 rings (SSSR count). The van der Waals surface area contributed by atoms with E-state index in [2.05, 4.69) is 4.99 Å². The van der Waals surface area contributed by atoms with Gasteiger partial charge < -0.3 is 0 Å². The SMILES string of the molecule is CC(=O)c1ccccc1-c1ccccc1C=Nc1ccccc1. The van der Waals surface area contributed by atoms with Crippen molar-refractivity contribution in [3.05, 3.63) is 90.0 Å². The van der Waals surface area contributed by atoms with Crippen LogP contribution in [-0.4, -0.2) is 12.0 Å². The molecule has 0 aliphatic rings. The Bertz CT molecular complexity index is 850. The second kappa shape index (κ2) is 6.84. The molecular formula is C21H17NO. The first kappa shape index (κ1) is 14.9. The van der Waals surface area contributed by atoms with Crippen LogP contribution in [0.25, 0.3) is 11.1 Å². The molecule has 0 atom stereocenters. The van der Waals surface area contributed by atoms with E-state index in [4.69, 9.17) is 0 Å². The second-order valence-electron chi connectivity index (χ2n) is 5.28. The molecule has 0 bridgehead atoms. The summed E-state index contributed by atoms with van der Waals surface area (Å²) in [7, 11) is 0. The Labute approximate surface area is 136 Å². The summed E-state index contributed by atoms with van der Waals surface area (Å²) in [5.41, 5.74) is 4.58. The van der Waals surface area contributed by atoms with Gasteiger partial charge in [-0.25, -0.2) is 0 Å². The maximum atomic E-state index is 11.9. The third-order valence-corrected chi connectivity index (χ3v) is 3.67. The first-order chi connectivity index (χ1) is 11.3. The third kappa shape index (κ3) is 3.43. The number of carbonyl (C=O) groups excluding carboxylic acids is 1. The minimum Gasteiger partial charge on any atom is -0.294 e. The Morgan fingerprint density at radius 3 is 2.13 bits per heavy atom. The van der Waals surface area contributed by atoms with Crippen molar-refractivity contribution in [2.24, 2.45) is 4.99 Å². The summed E-state index contributed by atoms with van der Waals surface area (Å²) in [5.74, 6) is 0.0652. The van der Waals surface area contributed by atoms with Crippen molar-refractivity contribution in [3.8, 4) is 11.1 Å². The number of hydrogen-bond donors (Lipinski definition) is 0. The highest BCUT2D eigenvalue weighted by Gasteiger charge is 2.10. The van der Waals surface area contributed by atoms with Gasteiger partial charge in [0.2, 0.25) is 0 Å². The average Bonchev–Trinajstić information content (AvgIpc) is 2.61. The lowest BCUT2D eigenvalue weighted by Crippen LogP contribution is -1.97. The third-order valence-electron chi connectivity index (χ3n) is 3.67. The van der Waals surface area contributed by atoms with Crippen molar-refractivity contribution in [3.63, 3.8) is 0 Å². The highest BCUT2D eigenvalue weighted by Crippen LogP contribution is 2.27. The molecule has 0 radical (unpaired) electrons. The molecule has 112 valence electrons. The number of ketones is 1. The number of benzene rings is 3. The summed E-state index contributed by atoms with van der Waals surface area (Å²) >= 11 is 0. The Hall–Kier alpha value is -3.00.